The van der Waals surface area contributed by atoms with Crippen molar-refractivity contribution in [3.05, 3.63) is 48.7 Å². The standard InChI is InChI=1S/C18H23N3O2/c1-14(2)10-11-19-15-8-9-17(20-12-15)21-18(22)13-23-16-6-4-3-5-7-16/h3-9,12,14,19H,10-11,13H2,1-2H3,(H,20,21,22). The van der Waals surface area contributed by atoms with Gasteiger partial charge in [-0.2, -0.15) is 0 Å². The van der Waals surface area contributed by atoms with Crippen molar-refractivity contribution in [2.24, 2.45) is 5.92 Å². The Balaban J connectivity index is 1.75. The van der Waals surface area contributed by atoms with E-state index in [-0.39, 0.29) is 12.5 Å². The van der Waals surface area contributed by atoms with Gasteiger partial charge in [0, 0.05) is 6.54 Å². The highest BCUT2D eigenvalue weighted by atomic mass is 16.5. The molecule has 0 radical (unpaired) electrons. The van der Waals surface area contributed by atoms with E-state index in [1.165, 1.54) is 0 Å². The first kappa shape index (κ1) is 16.8. The minimum atomic E-state index is -0.234. The van der Waals surface area contributed by atoms with Crippen molar-refractivity contribution >= 4 is 17.4 Å². The Kier molecular flexibility index (Phi) is 6.41. The SMILES string of the molecule is CC(C)CCNc1ccc(NC(=O)COc2ccccc2)nc1. The smallest absolute Gasteiger partial charge is 0.263 e. The molecule has 1 heterocycles. The molecule has 0 atom stereocenters. The second-order valence-electron chi connectivity index (χ2n) is 5.69. The summed E-state index contributed by atoms with van der Waals surface area (Å²) in [6, 6.07) is 12.9. The lowest BCUT2D eigenvalue weighted by Gasteiger charge is -2.09. The van der Waals surface area contributed by atoms with E-state index in [0.717, 1.165) is 18.7 Å². The average Bonchev–Trinajstić information content (AvgIpc) is 2.55. The van der Waals surface area contributed by atoms with Gasteiger partial charge in [-0.05, 0) is 36.6 Å². The summed E-state index contributed by atoms with van der Waals surface area (Å²) in [6.07, 6.45) is 2.82. The van der Waals surface area contributed by atoms with Crippen molar-refractivity contribution in [1.29, 1.82) is 0 Å². The third kappa shape index (κ3) is 6.38. The minimum absolute atomic E-state index is 0.0416. The van der Waals surface area contributed by atoms with Gasteiger partial charge in [-0.1, -0.05) is 32.0 Å². The highest BCUT2D eigenvalue weighted by Crippen LogP contribution is 2.11. The number of carbonyl (C=O) groups is 1. The molecule has 1 aromatic heterocycles. The van der Waals surface area contributed by atoms with Crippen LogP contribution in [0.1, 0.15) is 20.3 Å². The monoisotopic (exact) mass is 313 g/mol. The van der Waals surface area contributed by atoms with Gasteiger partial charge in [0.2, 0.25) is 0 Å². The van der Waals surface area contributed by atoms with Crippen LogP contribution in [0, 0.1) is 5.92 Å². The molecular weight excluding hydrogens is 290 g/mol. The molecule has 2 N–H and O–H groups in total. The van der Waals surface area contributed by atoms with Gasteiger partial charge < -0.3 is 15.4 Å². The van der Waals surface area contributed by atoms with Gasteiger partial charge in [0.15, 0.2) is 6.61 Å². The third-order valence-corrected chi connectivity index (χ3v) is 3.19. The van der Waals surface area contributed by atoms with Crippen LogP contribution in [-0.4, -0.2) is 24.0 Å². The summed E-state index contributed by atoms with van der Waals surface area (Å²) in [7, 11) is 0. The molecule has 0 aliphatic carbocycles. The van der Waals surface area contributed by atoms with E-state index in [1.54, 1.807) is 12.3 Å². The van der Waals surface area contributed by atoms with Crippen molar-refractivity contribution in [1.82, 2.24) is 4.98 Å². The van der Waals surface area contributed by atoms with Gasteiger partial charge in [-0.3, -0.25) is 4.79 Å². The number of para-hydroxylation sites is 1. The highest BCUT2D eigenvalue weighted by molar-refractivity contribution is 5.91. The molecule has 0 saturated carbocycles. The number of nitrogens with zero attached hydrogens (tertiary/aromatic N) is 1. The van der Waals surface area contributed by atoms with E-state index in [9.17, 15) is 4.79 Å². The third-order valence-electron chi connectivity index (χ3n) is 3.19. The molecule has 1 aromatic carbocycles. The fourth-order valence-electron chi connectivity index (χ4n) is 1.92. The van der Waals surface area contributed by atoms with E-state index in [2.05, 4.69) is 29.5 Å². The van der Waals surface area contributed by atoms with Crippen molar-refractivity contribution in [2.75, 3.05) is 23.8 Å². The minimum Gasteiger partial charge on any atom is -0.484 e. The van der Waals surface area contributed by atoms with Crippen LogP contribution in [0.25, 0.3) is 0 Å². The maximum Gasteiger partial charge on any atom is 0.263 e. The Morgan fingerprint density at radius 2 is 1.96 bits per heavy atom. The Morgan fingerprint density at radius 1 is 1.17 bits per heavy atom. The fraction of sp³-hybridized carbons (Fsp3) is 0.333. The second-order valence-corrected chi connectivity index (χ2v) is 5.69. The summed E-state index contributed by atoms with van der Waals surface area (Å²) in [5, 5.41) is 6.01. The molecule has 0 spiro atoms. The van der Waals surface area contributed by atoms with Crippen LogP contribution in [0.4, 0.5) is 11.5 Å². The molecule has 2 rings (SSSR count). The van der Waals surface area contributed by atoms with E-state index in [1.807, 2.05) is 36.4 Å². The van der Waals surface area contributed by atoms with Gasteiger partial charge in [-0.25, -0.2) is 4.98 Å². The first-order valence-electron chi connectivity index (χ1n) is 7.81. The van der Waals surface area contributed by atoms with Crippen LogP contribution in [0.5, 0.6) is 5.75 Å². The Bertz CT molecular complexity index is 597. The number of carbonyl (C=O) groups excluding carboxylic acids is 1. The average molecular weight is 313 g/mol. The molecule has 0 bridgehead atoms. The van der Waals surface area contributed by atoms with Gasteiger partial charge >= 0.3 is 0 Å². The number of rotatable bonds is 8. The quantitative estimate of drug-likeness (QED) is 0.782. The molecule has 0 aliphatic heterocycles. The molecule has 23 heavy (non-hydrogen) atoms. The molecule has 5 heteroatoms. The van der Waals surface area contributed by atoms with Crippen LogP contribution in [0.15, 0.2) is 48.7 Å². The van der Waals surface area contributed by atoms with Crippen LogP contribution < -0.4 is 15.4 Å². The Labute approximate surface area is 137 Å². The number of benzene rings is 1. The molecule has 5 nitrogen and oxygen atoms in total. The molecule has 0 unspecified atom stereocenters. The number of anilines is 2. The molecule has 0 aliphatic rings. The molecule has 2 aromatic rings. The summed E-state index contributed by atoms with van der Waals surface area (Å²) < 4.78 is 5.39. The van der Waals surface area contributed by atoms with Crippen molar-refractivity contribution < 1.29 is 9.53 Å². The topological polar surface area (TPSA) is 63.2 Å². The lowest BCUT2D eigenvalue weighted by molar-refractivity contribution is -0.118. The maximum absolute atomic E-state index is 11.8. The number of ether oxygens (including phenoxy) is 1. The molecular formula is C18H23N3O2. The predicted octanol–water partition coefficient (Wildman–Crippen LogP) is 3.56. The van der Waals surface area contributed by atoms with Gasteiger partial charge in [-0.15, -0.1) is 0 Å². The molecule has 0 saturated heterocycles. The molecule has 122 valence electrons. The summed E-state index contributed by atoms with van der Waals surface area (Å²) in [4.78, 5) is 16.0. The largest absolute Gasteiger partial charge is 0.484 e. The summed E-state index contributed by atoms with van der Waals surface area (Å²) in [5.41, 5.74) is 0.948. The number of hydrogen-bond donors (Lipinski definition) is 2. The second kappa shape index (κ2) is 8.78. The van der Waals surface area contributed by atoms with E-state index >= 15 is 0 Å². The number of aromatic nitrogens is 1. The van der Waals surface area contributed by atoms with Crippen molar-refractivity contribution in [2.45, 2.75) is 20.3 Å². The number of hydrogen-bond acceptors (Lipinski definition) is 4. The van der Waals surface area contributed by atoms with Crippen LogP contribution in [0.3, 0.4) is 0 Å². The van der Waals surface area contributed by atoms with Crippen LogP contribution in [0.2, 0.25) is 0 Å². The van der Waals surface area contributed by atoms with E-state index in [0.29, 0.717) is 17.5 Å². The van der Waals surface area contributed by atoms with Crippen LogP contribution >= 0.6 is 0 Å². The van der Waals surface area contributed by atoms with Crippen molar-refractivity contribution in [3.63, 3.8) is 0 Å². The summed E-state index contributed by atoms with van der Waals surface area (Å²) >= 11 is 0. The van der Waals surface area contributed by atoms with Gasteiger partial charge in [0.25, 0.3) is 5.91 Å². The molecule has 1 amide bonds. The Morgan fingerprint density at radius 3 is 2.61 bits per heavy atom. The zero-order chi connectivity index (χ0) is 16.5. The summed E-state index contributed by atoms with van der Waals surface area (Å²) in [6.45, 7) is 5.25. The maximum atomic E-state index is 11.8. The van der Waals surface area contributed by atoms with Gasteiger partial charge in [0.05, 0.1) is 11.9 Å². The molecule has 0 fully saturated rings. The first-order chi connectivity index (χ1) is 11.1. The highest BCUT2D eigenvalue weighted by Gasteiger charge is 2.04. The zero-order valence-electron chi connectivity index (χ0n) is 13.6. The summed E-state index contributed by atoms with van der Waals surface area (Å²) in [5.74, 6) is 1.61. The normalized spacial score (nSPS) is 10.4. The van der Waals surface area contributed by atoms with E-state index < -0.39 is 0 Å². The van der Waals surface area contributed by atoms with Crippen molar-refractivity contribution in [3.8, 4) is 5.75 Å². The fourth-order valence-corrected chi connectivity index (χ4v) is 1.92. The van der Waals surface area contributed by atoms with E-state index in [4.69, 9.17) is 4.74 Å². The first-order valence-corrected chi connectivity index (χ1v) is 7.81. The lowest BCUT2D eigenvalue weighted by atomic mass is 10.1. The Hall–Kier alpha value is -2.56. The number of nitrogens with one attached hydrogen (secondary N) is 2. The van der Waals surface area contributed by atoms with Gasteiger partial charge in [0.1, 0.15) is 11.6 Å². The zero-order valence-corrected chi connectivity index (χ0v) is 13.6. The number of amides is 1. The predicted molar refractivity (Wildman–Crippen MR) is 92.7 cm³/mol. The number of pyridine rings is 1. The van der Waals surface area contributed by atoms with Crippen LogP contribution in [-0.2, 0) is 4.79 Å². The lowest BCUT2D eigenvalue weighted by Crippen LogP contribution is -2.20.